The van der Waals surface area contributed by atoms with Crippen LogP contribution in [0.5, 0.6) is 0 Å². The van der Waals surface area contributed by atoms with Gasteiger partial charge in [-0.3, -0.25) is 0 Å². The van der Waals surface area contributed by atoms with E-state index in [-0.39, 0.29) is 0 Å². The van der Waals surface area contributed by atoms with Crippen LogP contribution < -0.4 is 10.6 Å². The SMILES string of the molecule is Cc1[nH]c2ccccc2c1[C@@H]1[C@@H](CCNC(=S)Nc2ccc(Cl)cc2)C1(C)C. The van der Waals surface area contributed by atoms with Crippen LogP contribution in [0.15, 0.2) is 48.5 Å². The van der Waals surface area contributed by atoms with E-state index in [4.69, 9.17) is 23.8 Å². The molecule has 0 radical (unpaired) electrons. The number of halogens is 1. The Labute approximate surface area is 176 Å². The molecule has 2 aromatic carbocycles. The second-order valence-corrected chi connectivity index (χ2v) is 9.14. The molecule has 0 saturated heterocycles. The number of H-pyrrole nitrogens is 1. The number of aromatic nitrogens is 1. The third kappa shape index (κ3) is 3.63. The van der Waals surface area contributed by atoms with Gasteiger partial charge in [-0.05, 0) is 78.7 Å². The van der Waals surface area contributed by atoms with Crippen molar-refractivity contribution in [1.29, 1.82) is 0 Å². The largest absolute Gasteiger partial charge is 0.362 e. The molecule has 1 aliphatic carbocycles. The van der Waals surface area contributed by atoms with Gasteiger partial charge in [0.05, 0.1) is 0 Å². The van der Waals surface area contributed by atoms with E-state index < -0.39 is 0 Å². The van der Waals surface area contributed by atoms with Crippen molar-refractivity contribution >= 4 is 45.5 Å². The molecule has 1 heterocycles. The average molecular weight is 412 g/mol. The Kier molecular flexibility index (Phi) is 5.11. The highest BCUT2D eigenvalue weighted by Gasteiger charge is 2.58. The summed E-state index contributed by atoms with van der Waals surface area (Å²) >= 11 is 11.4. The number of rotatable bonds is 5. The predicted molar refractivity (Wildman–Crippen MR) is 123 cm³/mol. The summed E-state index contributed by atoms with van der Waals surface area (Å²) in [6.07, 6.45) is 1.10. The van der Waals surface area contributed by atoms with E-state index in [2.05, 4.69) is 60.7 Å². The van der Waals surface area contributed by atoms with Crippen LogP contribution in [0.4, 0.5) is 5.69 Å². The van der Waals surface area contributed by atoms with Crippen molar-refractivity contribution in [2.24, 2.45) is 11.3 Å². The fourth-order valence-electron chi connectivity index (χ4n) is 4.60. The highest BCUT2D eigenvalue weighted by Crippen LogP contribution is 2.67. The van der Waals surface area contributed by atoms with E-state index in [1.54, 1.807) is 0 Å². The molecule has 1 fully saturated rings. The molecule has 3 nitrogen and oxygen atoms in total. The molecular formula is C23H26ClN3S. The van der Waals surface area contributed by atoms with E-state index in [0.29, 0.717) is 22.4 Å². The number of nitrogens with one attached hydrogen (secondary N) is 3. The maximum Gasteiger partial charge on any atom is 0.170 e. The highest BCUT2D eigenvalue weighted by molar-refractivity contribution is 7.80. The lowest BCUT2D eigenvalue weighted by molar-refractivity contribution is 0.528. The van der Waals surface area contributed by atoms with Crippen molar-refractivity contribution in [2.45, 2.75) is 33.1 Å². The molecule has 1 aliphatic rings. The van der Waals surface area contributed by atoms with Crippen LogP contribution in [0.25, 0.3) is 10.9 Å². The summed E-state index contributed by atoms with van der Waals surface area (Å²) in [5.41, 5.74) is 5.29. The molecule has 0 unspecified atom stereocenters. The normalized spacial score (nSPS) is 20.1. The zero-order valence-electron chi connectivity index (χ0n) is 16.5. The van der Waals surface area contributed by atoms with Crippen LogP contribution in [0.3, 0.4) is 0 Å². The summed E-state index contributed by atoms with van der Waals surface area (Å²) in [4.78, 5) is 3.56. The molecule has 146 valence electrons. The van der Waals surface area contributed by atoms with Crippen molar-refractivity contribution in [2.75, 3.05) is 11.9 Å². The lowest BCUT2D eigenvalue weighted by Gasteiger charge is -2.11. The van der Waals surface area contributed by atoms with E-state index in [9.17, 15) is 0 Å². The van der Waals surface area contributed by atoms with Gasteiger partial charge in [-0.1, -0.05) is 43.6 Å². The van der Waals surface area contributed by atoms with E-state index in [1.165, 1.54) is 22.2 Å². The zero-order chi connectivity index (χ0) is 19.9. The fraction of sp³-hybridized carbons (Fsp3) is 0.348. The molecule has 0 bridgehead atoms. The summed E-state index contributed by atoms with van der Waals surface area (Å²) in [7, 11) is 0. The Balaban J connectivity index is 1.37. The van der Waals surface area contributed by atoms with Crippen LogP contribution in [-0.4, -0.2) is 16.6 Å². The smallest absolute Gasteiger partial charge is 0.170 e. The average Bonchev–Trinajstić information content (AvgIpc) is 3.02. The van der Waals surface area contributed by atoms with Crippen LogP contribution in [-0.2, 0) is 0 Å². The number of thiocarbonyl (C=S) groups is 1. The molecule has 0 amide bonds. The predicted octanol–water partition coefficient (Wildman–Crippen LogP) is 6.25. The minimum atomic E-state index is 0.308. The Bertz CT molecular complexity index is 1010. The second kappa shape index (κ2) is 7.41. The number of hydrogen-bond acceptors (Lipinski definition) is 1. The van der Waals surface area contributed by atoms with Crippen molar-refractivity contribution in [3.8, 4) is 0 Å². The lowest BCUT2D eigenvalue weighted by atomic mass is 10.0. The molecule has 4 rings (SSSR count). The lowest BCUT2D eigenvalue weighted by Crippen LogP contribution is -2.29. The number of hydrogen-bond donors (Lipinski definition) is 3. The van der Waals surface area contributed by atoms with Gasteiger partial charge in [-0.15, -0.1) is 0 Å². The van der Waals surface area contributed by atoms with Gasteiger partial charge in [-0.2, -0.15) is 0 Å². The minimum absolute atomic E-state index is 0.308. The number of aryl methyl sites for hydroxylation is 1. The monoisotopic (exact) mass is 411 g/mol. The van der Waals surface area contributed by atoms with Crippen LogP contribution in [0, 0.1) is 18.3 Å². The van der Waals surface area contributed by atoms with Gasteiger partial charge in [0.15, 0.2) is 5.11 Å². The first-order valence-corrected chi connectivity index (χ1v) is 10.5. The molecule has 5 heteroatoms. The summed E-state index contributed by atoms with van der Waals surface area (Å²) in [5.74, 6) is 1.24. The topological polar surface area (TPSA) is 39.9 Å². The Morgan fingerprint density at radius 1 is 1.14 bits per heavy atom. The third-order valence-electron chi connectivity index (χ3n) is 6.15. The Morgan fingerprint density at radius 2 is 1.86 bits per heavy atom. The minimum Gasteiger partial charge on any atom is -0.362 e. The van der Waals surface area contributed by atoms with E-state index in [0.717, 1.165) is 23.7 Å². The number of aromatic amines is 1. The summed E-state index contributed by atoms with van der Waals surface area (Å²) in [5, 5.41) is 9.31. The molecule has 3 N–H and O–H groups in total. The highest BCUT2D eigenvalue weighted by atomic mass is 35.5. The Hall–Kier alpha value is -2.04. The van der Waals surface area contributed by atoms with Crippen LogP contribution in [0.1, 0.15) is 37.4 Å². The first kappa shape index (κ1) is 19.3. The van der Waals surface area contributed by atoms with Gasteiger partial charge >= 0.3 is 0 Å². The van der Waals surface area contributed by atoms with Crippen LogP contribution in [0.2, 0.25) is 5.02 Å². The summed E-state index contributed by atoms with van der Waals surface area (Å²) in [6.45, 7) is 7.83. The standard InChI is InChI=1S/C23H26ClN3S/c1-14-20(17-6-4-5-7-19(17)26-14)21-18(23(21,2)3)12-13-25-22(28)27-16-10-8-15(24)9-11-16/h4-11,18,21,26H,12-13H2,1-3H3,(H2,25,27,28)/t18-,21+/m1/s1. The maximum atomic E-state index is 5.93. The summed E-state index contributed by atoms with van der Waals surface area (Å²) in [6, 6.07) is 16.2. The molecule has 1 saturated carbocycles. The van der Waals surface area contributed by atoms with Crippen molar-refractivity contribution in [3.05, 3.63) is 64.8 Å². The quantitative estimate of drug-likeness (QED) is 0.435. The van der Waals surface area contributed by atoms with E-state index >= 15 is 0 Å². The van der Waals surface area contributed by atoms with Crippen molar-refractivity contribution < 1.29 is 0 Å². The fourth-order valence-corrected chi connectivity index (χ4v) is 4.95. The van der Waals surface area contributed by atoms with Gasteiger partial charge in [0, 0.05) is 33.9 Å². The van der Waals surface area contributed by atoms with E-state index in [1.807, 2.05) is 24.3 Å². The van der Waals surface area contributed by atoms with Gasteiger partial charge in [0.2, 0.25) is 0 Å². The number of benzene rings is 2. The molecule has 3 aromatic rings. The van der Waals surface area contributed by atoms with Crippen molar-refractivity contribution in [1.82, 2.24) is 10.3 Å². The van der Waals surface area contributed by atoms with Gasteiger partial charge in [0.25, 0.3) is 0 Å². The maximum absolute atomic E-state index is 5.93. The van der Waals surface area contributed by atoms with Gasteiger partial charge < -0.3 is 15.6 Å². The van der Waals surface area contributed by atoms with Gasteiger partial charge in [0.1, 0.15) is 0 Å². The number of anilines is 1. The first-order valence-electron chi connectivity index (χ1n) is 9.75. The number of para-hydroxylation sites is 1. The molecule has 2 atom stereocenters. The Morgan fingerprint density at radius 3 is 2.61 bits per heavy atom. The zero-order valence-corrected chi connectivity index (χ0v) is 18.0. The molecular weight excluding hydrogens is 386 g/mol. The third-order valence-corrected chi connectivity index (χ3v) is 6.65. The molecule has 0 aliphatic heterocycles. The number of fused-ring (bicyclic) bond motifs is 1. The molecule has 0 spiro atoms. The molecule has 28 heavy (non-hydrogen) atoms. The van der Waals surface area contributed by atoms with Gasteiger partial charge in [-0.25, -0.2) is 0 Å². The molecule has 1 aromatic heterocycles. The van der Waals surface area contributed by atoms with Crippen molar-refractivity contribution in [3.63, 3.8) is 0 Å². The van der Waals surface area contributed by atoms with Crippen LogP contribution >= 0.6 is 23.8 Å². The first-order chi connectivity index (χ1) is 13.4. The second-order valence-electron chi connectivity index (χ2n) is 8.29. The summed E-state index contributed by atoms with van der Waals surface area (Å²) < 4.78 is 0.